The molecule has 0 bridgehead atoms. The number of amides is 2. The second-order valence-corrected chi connectivity index (χ2v) is 10.5. The summed E-state index contributed by atoms with van der Waals surface area (Å²) in [6.45, 7) is 4.29. The van der Waals surface area contributed by atoms with E-state index < -0.39 is 0 Å². The highest BCUT2D eigenvalue weighted by Crippen LogP contribution is 2.17. The maximum atomic E-state index is 13.9. The molecule has 0 unspecified atom stereocenters. The quantitative estimate of drug-likeness (QED) is 0.143. The Kier molecular flexibility index (Phi) is 12.2. The number of halogens is 2. The summed E-state index contributed by atoms with van der Waals surface area (Å²) in [7, 11) is 0. The average Bonchev–Trinajstić information content (AvgIpc) is 3.45. The van der Waals surface area contributed by atoms with Crippen molar-refractivity contribution in [2.75, 3.05) is 32.9 Å². The van der Waals surface area contributed by atoms with Gasteiger partial charge in [-0.2, -0.15) is 0 Å². The van der Waals surface area contributed by atoms with E-state index in [1.165, 1.54) is 17.0 Å². The van der Waals surface area contributed by atoms with Crippen molar-refractivity contribution in [3.05, 3.63) is 125 Å². The summed E-state index contributed by atoms with van der Waals surface area (Å²) in [5, 5.41) is 0.573. The van der Waals surface area contributed by atoms with Crippen molar-refractivity contribution in [2.24, 2.45) is 0 Å². The van der Waals surface area contributed by atoms with Crippen LogP contribution >= 0.6 is 11.6 Å². The molecule has 0 spiro atoms. The van der Waals surface area contributed by atoms with Crippen LogP contribution in [0.4, 0.5) is 4.39 Å². The molecule has 0 N–H and O–H groups in total. The molecule has 1 aromatic heterocycles. The summed E-state index contributed by atoms with van der Waals surface area (Å²) in [6, 6.07) is 26.8. The van der Waals surface area contributed by atoms with E-state index in [1.807, 2.05) is 60.2 Å². The Morgan fingerprint density at radius 1 is 0.837 bits per heavy atom. The number of nitrogens with zero attached hydrogens (tertiary/aromatic N) is 3. The fourth-order valence-corrected chi connectivity index (χ4v) is 4.72. The van der Waals surface area contributed by atoms with Crippen molar-refractivity contribution in [1.29, 1.82) is 0 Å². The second kappa shape index (κ2) is 16.5. The number of hydrogen-bond donors (Lipinski definition) is 0. The van der Waals surface area contributed by atoms with Crippen molar-refractivity contribution in [2.45, 2.75) is 33.0 Å². The number of aromatic nitrogens is 1. The second-order valence-electron chi connectivity index (χ2n) is 10.1. The van der Waals surface area contributed by atoms with Crippen LogP contribution in [0.25, 0.3) is 0 Å². The number of rotatable bonds is 16. The van der Waals surface area contributed by atoms with Crippen LogP contribution in [0.3, 0.4) is 0 Å². The van der Waals surface area contributed by atoms with Crippen molar-refractivity contribution >= 4 is 23.4 Å². The zero-order chi connectivity index (χ0) is 30.4. The molecule has 4 rings (SSSR count). The predicted molar refractivity (Wildman–Crippen MR) is 165 cm³/mol. The van der Waals surface area contributed by atoms with Crippen molar-refractivity contribution in [3.63, 3.8) is 0 Å². The van der Waals surface area contributed by atoms with Gasteiger partial charge in [0.1, 0.15) is 11.6 Å². The largest absolute Gasteiger partial charge is 0.484 e. The minimum absolute atomic E-state index is 0.0968. The SMILES string of the molecule is CCOCCCN(CC(=O)N(Cc1ccccc1)Cc1cccn1Cc1ccc(F)cc1)C(=O)COc1ccc(Cl)cc1. The van der Waals surface area contributed by atoms with Crippen LogP contribution in [0, 0.1) is 5.82 Å². The Hall–Kier alpha value is -4.14. The number of hydrogen-bond acceptors (Lipinski definition) is 4. The molecule has 0 saturated heterocycles. The molecule has 0 aliphatic carbocycles. The first-order valence-corrected chi connectivity index (χ1v) is 14.7. The molecular formula is C34H37ClFN3O4. The van der Waals surface area contributed by atoms with E-state index in [0.717, 1.165) is 16.8 Å². The van der Waals surface area contributed by atoms with Gasteiger partial charge in [-0.05, 0) is 73.0 Å². The zero-order valence-electron chi connectivity index (χ0n) is 24.3. The first-order valence-electron chi connectivity index (χ1n) is 14.4. The average molecular weight is 606 g/mol. The Morgan fingerprint density at radius 2 is 1.58 bits per heavy atom. The molecule has 7 nitrogen and oxygen atoms in total. The fourth-order valence-electron chi connectivity index (χ4n) is 4.59. The van der Waals surface area contributed by atoms with Gasteiger partial charge in [0.25, 0.3) is 5.91 Å². The van der Waals surface area contributed by atoms with Crippen LogP contribution in [0.2, 0.25) is 5.02 Å². The van der Waals surface area contributed by atoms with Crippen LogP contribution in [-0.4, -0.2) is 59.1 Å². The third-order valence-corrected chi connectivity index (χ3v) is 7.14. The van der Waals surface area contributed by atoms with Gasteiger partial charge in [-0.1, -0.05) is 54.1 Å². The monoisotopic (exact) mass is 605 g/mol. The number of ether oxygens (including phenoxy) is 2. The maximum absolute atomic E-state index is 13.9. The van der Waals surface area contributed by atoms with E-state index >= 15 is 0 Å². The first kappa shape index (κ1) is 31.8. The summed E-state index contributed by atoms with van der Waals surface area (Å²) in [5.41, 5.74) is 2.85. The van der Waals surface area contributed by atoms with Crippen LogP contribution in [-0.2, 0) is 34.0 Å². The molecule has 9 heteroatoms. The molecule has 0 fully saturated rings. The first-order chi connectivity index (χ1) is 20.9. The van der Waals surface area contributed by atoms with E-state index in [2.05, 4.69) is 0 Å². The van der Waals surface area contributed by atoms with Gasteiger partial charge in [-0.15, -0.1) is 0 Å². The zero-order valence-corrected chi connectivity index (χ0v) is 25.1. The van der Waals surface area contributed by atoms with E-state index in [9.17, 15) is 14.0 Å². The lowest BCUT2D eigenvalue weighted by atomic mass is 10.2. The maximum Gasteiger partial charge on any atom is 0.260 e. The predicted octanol–water partition coefficient (Wildman–Crippen LogP) is 6.19. The number of benzene rings is 3. The van der Waals surface area contributed by atoms with Gasteiger partial charge in [0.2, 0.25) is 5.91 Å². The number of carbonyl (C=O) groups is 2. The molecule has 0 aliphatic heterocycles. The molecule has 1 heterocycles. The van der Waals surface area contributed by atoms with Crippen LogP contribution < -0.4 is 4.74 Å². The van der Waals surface area contributed by atoms with Gasteiger partial charge in [-0.25, -0.2) is 4.39 Å². The van der Waals surface area contributed by atoms with Gasteiger partial charge in [0.05, 0.1) is 13.1 Å². The Labute approximate surface area is 257 Å². The van der Waals surface area contributed by atoms with Gasteiger partial charge in [-0.3, -0.25) is 9.59 Å². The van der Waals surface area contributed by atoms with Gasteiger partial charge < -0.3 is 23.8 Å². The molecule has 0 aliphatic rings. The highest BCUT2D eigenvalue weighted by atomic mass is 35.5. The standard InChI is InChI=1S/C34H37ClFN3O4/c1-2-42-21-7-20-38(34(41)26-43-32-17-13-29(35)14-18-32)25-33(40)39(23-27-8-4-3-5-9-27)24-31-10-6-19-37(31)22-28-11-15-30(36)16-12-28/h3-6,8-19H,2,7,20-26H2,1H3. The third kappa shape index (κ3) is 10.3. The van der Waals surface area contributed by atoms with Crippen molar-refractivity contribution in [3.8, 4) is 5.75 Å². The topological polar surface area (TPSA) is 64.0 Å². The highest BCUT2D eigenvalue weighted by Gasteiger charge is 2.23. The lowest BCUT2D eigenvalue weighted by Crippen LogP contribution is -2.44. The summed E-state index contributed by atoms with van der Waals surface area (Å²) < 4.78 is 26.7. The van der Waals surface area contributed by atoms with Crippen LogP contribution in [0.15, 0.2) is 97.2 Å². The van der Waals surface area contributed by atoms with E-state index in [0.29, 0.717) is 56.6 Å². The van der Waals surface area contributed by atoms with Crippen molar-refractivity contribution in [1.82, 2.24) is 14.4 Å². The minimum atomic E-state index is -0.292. The molecule has 3 aromatic carbocycles. The minimum Gasteiger partial charge on any atom is -0.484 e. The highest BCUT2D eigenvalue weighted by molar-refractivity contribution is 6.30. The molecule has 4 aromatic rings. The third-order valence-electron chi connectivity index (χ3n) is 6.89. The summed E-state index contributed by atoms with van der Waals surface area (Å²) in [4.78, 5) is 30.5. The molecule has 226 valence electrons. The summed E-state index contributed by atoms with van der Waals surface area (Å²) in [6.07, 6.45) is 2.54. The van der Waals surface area contributed by atoms with Crippen LogP contribution in [0.5, 0.6) is 5.75 Å². The molecule has 0 atom stereocenters. The van der Waals surface area contributed by atoms with Crippen LogP contribution in [0.1, 0.15) is 30.2 Å². The van der Waals surface area contributed by atoms with Crippen molar-refractivity contribution < 1.29 is 23.5 Å². The fraction of sp³-hybridized carbons (Fsp3) is 0.294. The molecular weight excluding hydrogens is 569 g/mol. The van der Waals surface area contributed by atoms with Gasteiger partial charge in [0.15, 0.2) is 6.61 Å². The lowest BCUT2D eigenvalue weighted by Gasteiger charge is -2.28. The van der Waals surface area contributed by atoms with E-state index in [-0.39, 0.29) is 30.8 Å². The van der Waals surface area contributed by atoms with Gasteiger partial charge >= 0.3 is 0 Å². The molecule has 2 amide bonds. The lowest BCUT2D eigenvalue weighted by molar-refractivity contribution is -0.142. The Morgan fingerprint density at radius 3 is 2.30 bits per heavy atom. The van der Waals surface area contributed by atoms with Gasteiger partial charge in [0, 0.05) is 49.8 Å². The smallest absolute Gasteiger partial charge is 0.260 e. The molecule has 43 heavy (non-hydrogen) atoms. The Bertz CT molecular complexity index is 1430. The number of carbonyl (C=O) groups excluding carboxylic acids is 2. The summed E-state index contributed by atoms with van der Waals surface area (Å²) in [5.74, 6) is -0.241. The molecule has 0 radical (unpaired) electrons. The summed E-state index contributed by atoms with van der Waals surface area (Å²) >= 11 is 5.96. The molecule has 0 saturated carbocycles. The normalized spacial score (nSPS) is 10.9. The Balaban J connectivity index is 1.49. The van der Waals surface area contributed by atoms with E-state index in [1.54, 1.807) is 41.3 Å². The van der Waals surface area contributed by atoms with E-state index in [4.69, 9.17) is 21.1 Å².